The molecule has 0 aliphatic heterocycles. The molecule has 8 heteroatoms. The molecule has 1 aromatic heterocycles. The number of nitrogens with zero attached hydrogens (tertiary/aromatic N) is 1. The van der Waals surface area contributed by atoms with E-state index in [4.69, 9.17) is 28.3 Å². The van der Waals surface area contributed by atoms with Crippen LogP contribution in [0.2, 0.25) is 10.0 Å². The van der Waals surface area contributed by atoms with E-state index < -0.39 is 16.8 Å². The highest BCUT2D eigenvalue weighted by atomic mass is 35.5. The maximum Gasteiger partial charge on any atom is 0.365 e. The van der Waals surface area contributed by atoms with Crippen molar-refractivity contribution >= 4 is 51.3 Å². The van der Waals surface area contributed by atoms with Crippen molar-refractivity contribution in [3.63, 3.8) is 0 Å². The molecule has 100 valence electrons. The summed E-state index contributed by atoms with van der Waals surface area (Å²) in [6, 6.07) is 4.87. The van der Waals surface area contributed by atoms with Crippen LogP contribution in [0, 0.1) is 0 Å². The predicted molar refractivity (Wildman–Crippen MR) is 75.6 cm³/mol. The van der Waals surface area contributed by atoms with Gasteiger partial charge >= 0.3 is 5.97 Å². The SMILES string of the molecule is O=C(O)c1nc(CS(=O)c2c(Cl)cccc2Cl)cs1. The van der Waals surface area contributed by atoms with Gasteiger partial charge in [0.25, 0.3) is 0 Å². The van der Waals surface area contributed by atoms with Gasteiger partial charge < -0.3 is 5.11 Å². The standard InChI is InChI=1S/C11H7Cl2NO3S2/c12-7-2-1-3-8(13)9(7)19(17)5-6-4-18-10(14-6)11(15)16/h1-4H,5H2,(H,15,16). The zero-order valence-electron chi connectivity index (χ0n) is 9.30. The molecule has 1 atom stereocenters. The summed E-state index contributed by atoms with van der Waals surface area (Å²) in [7, 11) is -1.47. The average Bonchev–Trinajstić information content (AvgIpc) is 2.77. The minimum atomic E-state index is -1.47. The summed E-state index contributed by atoms with van der Waals surface area (Å²) in [5, 5.41) is 10.9. The van der Waals surface area contributed by atoms with E-state index in [0.717, 1.165) is 11.3 Å². The molecule has 0 spiro atoms. The van der Waals surface area contributed by atoms with Crippen molar-refractivity contribution in [3.05, 3.63) is 44.3 Å². The maximum absolute atomic E-state index is 12.2. The number of thiazole rings is 1. The summed E-state index contributed by atoms with van der Waals surface area (Å²) in [6.07, 6.45) is 0. The van der Waals surface area contributed by atoms with E-state index in [2.05, 4.69) is 4.98 Å². The second-order valence-corrected chi connectivity index (χ2v) is 6.55. The van der Waals surface area contributed by atoms with E-state index in [-0.39, 0.29) is 10.8 Å². The molecule has 0 saturated heterocycles. The van der Waals surface area contributed by atoms with Crippen LogP contribution in [0.1, 0.15) is 15.5 Å². The number of carboxylic acid groups (broad SMARTS) is 1. The fourth-order valence-electron chi connectivity index (χ4n) is 1.38. The Morgan fingerprint density at radius 3 is 2.53 bits per heavy atom. The largest absolute Gasteiger partial charge is 0.476 e. The highest BCUT2D eigenvalue weighted by Gasteiger charge is 2.16. The molecule has 19 heavy (non-hydrogen) atoms. The maximum atomic E-state index is 12.2. The van der Waals surface area contributed by atoms with Crippen LogP contribution in [-0.4, -0.2) is 20.3 Å². The first kappa shape index (κ1) is 14.5. The Labute approximate surface area is 125 Å². The zero-order chi connectivity index (χ0) is 14.0. The Balaban J connectivity index is 2.23. The fraction of sp³-hybridized carbons (Fsp3) is 0.0909. The Bertz CT molecular complexity index is 637. The van der Waals surface area contributed by atoms with Gasteiger partial charge in [-0.25, -0.2) is 9.78 Å². The number of hydrogen-bond donors (Lipinski definition) is 1. The third kappa shape index (κ3) is 3.33. The van der Waals surface area contributed by atoms with Crippen LogP contribution in [0.5, 0.6) is 0 Å². The van der Waals surface area contributed by atoms with E-state index in [0.29, 0.717) is 20.6 Å². The number of halogens is 2. The molecular formula is C11H7Cl2NO3S2. The molecule has 1 N–H and O–H groups in total. The molecule has 2 rings (SSSR count). The van der Waals surface area contributed by atoms with Gasteiger partial charge in [-0.3, -0.25) is 4.21 Å². The van der Waals surface area contributed by atoms with Crippen LogP contribution in [-0.2, 0) is 16.6 Å². The molecule has 0 aliphatic carbocycles. The van der Waals surface area contributed by atoms with Crippen LogP contribution in [0.3, 0.4) is 0 Å². The minimum absolute atomic E-state index is 0.0303. The lowest BCUT2D eigenvalue weighted by molar-refractivity contribution is 0.0696. The highest BCUT2D eigenvalue weighted by Crippen LogP contribution is 2.29. The van der Waals surface area contributed by atoms with Crippen LogP contribution < -0.4 is 0 Å². The van der Waals surface area contributed by atoms with Crippen molar-refractivity contribution in [2.75, 3.05) is 0 Å². The summed E-state index contributed by atoms with van der Waals surface area (Å²) in [6.45, 7) is 0. The van der Waals surface area contributed by atoms with Crippen molar-refractivity contribution < 1.29 is 14.1 Å². The van der Waals surface area contributed by atoms with Crippen LogP contribution in [0.4, 0.5) is 0 Å². The zero-order valence-corrected chi connectivity index (χ0v) is 12.4. The summed E-state index contributed by atoms with van der Waals surface area (Å²) >= 11 is 12.9. The fourth-order valence-corrected chi connectivity index (χ4v) is 4.18. The number of aromatic carboxylic acids is 1. The number of rotatable bonds is 4. The summed E-state index contributed by atoms with van der Waals surface area (Å²) in [4.78, 5) is 14.9. The molecule has 0 amide bonds. The Kier molecular flexibility index (Phi) is 4.57. The first-order valence-corrected chi connectivity index (χ1v) is 7.94. The topological polar surface area (TPSA) is 67.3 Å². The molecule has 1 aromatic carbocycles. The van der Waals surface area contributed by atoms with Gasteiger partial charge in [-0.15, -0.1) is 11.3 Å². The van der Waals surface area contributed by atoms with Crippen molar-refractivity contribution in [1.82, 2.24) is 4.98 Å². The second-order valence-electron chi connectivity index (χ2n) is 3.49. The number of benzene rings is 1. The van der Waals surface area contributed by atoms with Crippen molar-refractivity contribution in [2.45, 2.75) is 10.6 Å². The van der Waals surface area contributed by atoms with Crippen molar-refractivity contribution in [3.8, 4) is 0 Å². The number of hydrogen-bond acceptors (Lipinski definition) is 4. The Hall–Kier alpha value is -0.950. The van der Waals surface area contributed by atoms with E-state index >= 15 is 0 Å². The number of carbonyl (C=O) groups is 1. The predicted octanol–water partition coefficient (Wildman–Crippen LogP) is 3.46. The molecule has 2 aromatic rings. The van der Waals surface area contributed by atoms with Crippen LogP contribution >= 0.6 is 34.5 Å². The first-order chi connectivity index (χ1) is 8.99. The quantitative estimate of drug-likeness (QED) is 0.928. The van der Waals surface area contributed by atoms with Gasteiger partial charge in [0, 0.05) is 5.38 Å². The minimum Gasteiger partial charge on any atom is -0.476 e. The lowest BCUT2D eigenvalue weighted by Gasteiger charge is -2.05. The molecule has 4 nitrogen and oxygen atoms in total. The Morgan fingerprint density at radius 1 is 1.37 bits per heavy atom. The molecule has 0 radical (unpaired) electrons. The van der Waals surface area contributed by atoms with Gasteiger partial charge in [0.15, 0.2) is 0 Å². The lowest BCUT2D eigenvalue weighted by atomic mass is 10.4. The first-order valence-electron chi connectivity index (χ1n) is 4.99. The Morgan fingerprint density at radius 2 is 2.00 bits per heavy atom. The number of carboxylic acids is 1. The van der Waals surface area contributed by atoms with Gasteiger partial charge in [-0.05, 0) is 12.1 Å². The van der Waals surface area contributed by atoms with Crippen LogP contribution in [0.25, 0.3) is 0 Å². The van der Waals surface area contributed by atoms with Gasteiger partial charge in [0.05, 0.1) is 37.2 Å². The van der Waals surface area contributed by atoms with Crippen molar-refractivity contribution in [2.24, 2.45) is 0 Å². The van der Waals surface area contributed by atoms with Gasteiger partial charge in [-0.1, -0.05) is 29.3 Å². The lowest BCUT2D eigenvalue weighted by Crippen LogP contribution is -2.00. The normalized spacial score (nSPS) is 12.3. The highest BCUT2D eigenvalue weighted by molar-refractivity contribution is 7.84. The summed E-state index contributed by atoms with van der Waals surface area (Å²) < 4.78 is 12.2. The molecule has 0 fully saturated rings. The van der Waals surface area contributed by atoms with Gasteiger partial charge in [0.1, 0.15) is 0 Å². The van der Waals surface area contributed by atoms with Gasteiger partial charge in [-0.2, -0.15) is 0 Å². The third-order valence-electron chi connectivity index (χ3n) is 2.16. The van der Waals surface area contributed by atoms with Crippen molar-refractivity contribution in [1.29, 1.82) is 0 Å². The molecule has 0 aliphatic rings. The monoisotopic (exact) mass is 335 g/mol. The van der Waals surface area contributed by atoms with E-state index in [9.17, 15) is 9.00 Å². The average molecular weight is 336 g/mol. The number of aromatic nitrogens is 1. The molecule has 0 saturated carbocycles. The second kappa shape index (κ2) is 6.00. The van der Waals surface area contributed by atoms with Gasteiger partial charge in [0.2, 0.25) is 5.01 Å². The smallest absolute Gasteiger partial charge is 0.365 e. The summed E-state index contributed by atoms with van der Waals surface area (Å²) in [5.41, 5.74) is 0.441. The van der Waals surface area contributed by atoms with E-state index in [1.165, 1.54) is 0 Å². The summed E-state index contributed by atoms with van der Waals surface area (Å²) in [5.74, 6) is -1.02. The molecule has 1 heterocycles. The third-order valence-corrected chi connectivity index (χ3v) is 5.35. The van der Waals surface area contributed by atoms with E-state index in [1.807, 2.05) is 0 Å². The molecule has 1 unspecified atom stereocenters. The van der Waals surface area contributed by atoms with E-state index in [1.54, 1.807) is 23.6 Å². The van der Waals surface area contributed by atoms with Crippen LogP contribution in [0.15, 0.2) is 28.5 Å². The molecule has 0 bridgehead atoms. The molecular weight excluding hydrogens is 329 g/mol.